The van der Waals surface area contributed by atoms with Crippen molar-refractivity contribution in [2.24, 2.45) is 45.8 Å². The number of ether oxygens (including phenoxy) is 4. The average molecular weight is 656 g/mol. The Kier molecular flexibility index (Phi) is 10.4. The molecule has 11 nitrogen and oxygen atoms in total. The monoisotopic (exact) mass is 655 g/mol. The van der Waals surface area contributed by atoms with Gasteiger partial charge in [-0.05, 0) is 86.4 Å². The minimum atomic E-state index is -4.47. The highest BCUT2D eigenvalue weighted by Crippen LogP contribution is 2.74. The number of esters is 4. The van der Waals surface area contributed by atoms with Crippen LogP contribution >= 0.6 is 0 Å². The molecule has 0 heterocycles. The molecule has 4 aliphatic carbocycles. The predicted octanol–water partition coefficient (Wildman–Crippen LogP) is 4.56. The quantitative estimate of drug-likeness (QED) is 0.184. The van der Waals surface area contributed by atoms with Gasteiger partial charge in [0.05, 0.1) is 15.9 Å². The molecule has 0 N–H and O–H groups in total. The fraction of sp³-hybridized carbons (Fsp3) is 0.879. The molecule has 4 aliphatic rings. The predicted molar refractivity (Wildman–Crippen MR) is 161 cm³/mol. The Morgan fingerprint density at radius 3 is 2.00 bits per heavy atom. The van der Waals surface area contributed by atoms with Gasteiger partial charge in [-0.1, -0.05) is 27.7 Å². The van der Waals surface area contributed by atoms with Gasteiger partial charge in [-0.25, -0.2) is 8.42 Å². The molecule has 256 valence electrons. The molecule has 0 amide bonds. The van der Waals surface area contributed by atoms with Crippen molar-refractivity contribution in [1.29, 1.82) is 0 Å². The summed E-state index contributed by atoms with van der Waals surface area (Å²) < 4.78 is 55.6. The van der Waals surface area contributed by atoms with Crippen molar-refractivity contribution < 1.29 is 51.1 Å². The molecular weight excluding hydrogens is 604 g/mol. The summed E-state index contributed by atoms with van der Waals surface area (Å²) in [6.07, 6.45) is 5.01. The third kappa shape index (κ3) is 7.06. The van der Waals surface area contributed by atoms with Crippen LogP contribution in [-0.2, 0) is 48.2 Å². The van der Waals surface area contributed by atoms with E-state index >= 15 is 0 Å². The Hall–Kier alpha value is -2.21. The summed E-state index contributed by atoms with van der Waals surface area (Å²) in [5.41, 5.74) is -0.978. The van der Waals surface area contributed by atoms with Crippen LogP contribution in [0.2, 0.25) is 0 Å². The summed E-state index contributed by atoms with van der Waals surface area (Å²) in [4.78, 5) is 49.3. The van der Waals surface area contributed by atoms with Crippen molar-refractivity contribution in [2.45, 2.75) is 125 Å². The molecule has 0 spiro atoms. The van der Waals surface area contributed by atoms with E-state index in [9.17, 15) is 32.1 Å². The zero-order valence-corrected chi connectivity index (χ0v) is 28.6. The summed E-state index contributed by atoms with van der Waals surface area (Å²) in [5.74, 6) is -1.79. The van der Waals surface area contributed by atoms with Crippen LogP contribution in [0.25, 0.3) is 0 Å². The second-order valence-corrected chi connectivity index (χ2v) is 16.4. The van der Waals surface area contributed by atoms with Crippen molar-refractivity contribution in [3.8, 4) is 0 Å². The van der Waals surface area contributed by atoms with Crippen LogP contribution in [0.3, 0.4) is 0 Å². The lowest BCUT2D eigenvalue weighted by atomic mass is 9.37. The molecule has 12 heteroatoms. The molecule has 4 saturated carbocycles. The highest BCUT2D eigenvalue weighted by Gasteiger charge is 2.72. The van der Waals surface area contributed by atoms with Crippen LogP contribution < -0.4 is 0 Å². The van der Waals surface area contributed by atoms with E-state index in [1.165, 1.54) is 20.8 Å². The molecule has 0 radical (unpaired) electrons. The van der Waals surface area contributed by atoms with Gasteiger partial charge in [0.2, 0.25) is 0 Å². The summed E-state index contributed by atoms with van der Waals surface area (Å²) in [6, 6.07) is 0. The SMILES string of the molecule is CC(=O)OC1CC[C@@]2(C)C(C1)CC(OC(C)=O)[C@@]1(C)[C@@H]3CC[C@H]([C@H](C)CCC(=O)OCCS(=O)(=O)[O-])[C@@]3(C)C(OC(C)=O)C[C@@H]12. The van der Waals surface area contributed by atoms with Gasteiger partial charge in [-0.3, -0.25) is 19.2 Å². The first-order valence-electron chi connectivity index (χ1n) is 16.4. The molecule has 0 saturated heterocycles. The Morgan fingerprint density at radius 2 is 1.42 bits per heavy atom. The first-order valence-corrected chi connectivity index (χ1v) is 18.0. The van der Waals surface area contributed by atoms with Crippen LogP contribution in [0.15, 0.2) is 0 Å². The Labute approximate surface area is 267 Å². The minimum absolute atomic E-state index is 0.0484. The largest absolute Gasteiger partial charge is 0.748 e. The number of fused-ring (bicyclic) bond motifs is 5. The normalized spacial score (nSPS) is 39.8. The highest BCUT2D eigenvalue weighted by atomic mass is 32.2. The summed E-state index contributed by atoms with van der Waals surface area (Å²) in [7, 11) is -4.47. The van der Waals surface area contributed by atoms with Crippen molar-refractivity contribution in [3.05, 3.63) is 0 Å². The molecule has 0 bridgehead atoms. The van der Waals surface area contributed by atoms with Crippen molar-refractivity contribution in [2.75, 3.05) is 12.4 Å². The summed E-state index contributed by atoms with van der Waals surface area (Å²) in [5, 5.41) is 0. The molecule has 0 aromatic heterocycles. The van der Waals surface area contributed by atoms with Crippen LogP contribution in [0.5, 0.6) is 0 Å². The molecule has 4 fully saturated rings. The van der Waals surface area contributed by atoms with Gasteiger partial charge in [0.25, 0.3) is 0 Å². The summed E-state index contributed by atoms with van der Waals surface area (Å²) >= 11 is 0. The number of hydrogen-bond acceptors (Lipinski definition) is 11. The maximum Gasteiger partial charge on any atom is 0.305 e. The van der Waals surface area contributed by atoms with E-state index in [-0.39, 0.29) is 77.6 Å². The van der Waals surface area contributed by atoms with E-state index < -0.39 is 39.3 Å². The van der Waals surface area contributed by atoms with E-state index in [0.717, 1.165) is 25.7 Å². The highest BCUT2D eigenvalue weighted by molar-refractivity contribution is 7.85. The number of carbonyl (C=O) groups excluding carboxylic acids is 4. The smallest absolute Gasteiger partial charge is 0.305 e. The van der Waals surface area contributed by atoms with E-state index in [1.807, 2.05) is 0 Å². The van der Waals surface area contributed by atoms with Gasteiger partial charge in [0.1, 0.15) is 24.9 Å². The number of hydrogen-bond donors (Lipinski definition) is 0. The molecule has 0 aliphatic heterocycles. The van der Waals surface area contributed by atoms with Crippen LogP contribution in [-0.4, -0.2) is 67.5 Å². The van der Waals surface area contributed by atoms with Gasteiger partial charge in [-0.2, -0.15) is 0 Å². The molecule has 11 atom stereocenters. The topological polar surface area (TPSA) is 162 Å². The van der Waals surface area contributed by atoms with E-state index in [2.05, 4.69) is 27.7 Å². The Morgan fingerprint density at radius 1 is 0.822 bits per heavy atom. The van der Waals surface area contributed by atoms with Crippen LogP contribution in [0, 0.1) is 45.8 Å². The zero-order valence-electron chi connectivity index (χ0n) is 27.8. The summed E-state index contributed by atoms with van der Waals surface area (Å²) in [6.45, 7) is 12.7. The second kappa shape index (κ2) is 13.1. The lowest BCUT2D eigenvalue weighted by Crippen LogP contribution is -2.68. The first kappa shape index (κ1) is 35.6. The second-order valence-electron chi connectivity index (χ2n) is 14.9. The molecule has 4 unspecified atom stereocenters. The maximum atomic E-state index is 12.6. The fourth-order valence-corrected chi connectivity index (χ4v) is 10.9. The van der Waals surface area contributed by atoms with Gasteiger partial charge >= 0.3 is 23.9 Å². The van der Waals surface area contributed by atoms with E-state index in [4.69, 9.17) is 18.9 Å². The maximum absolute atomic E-state index is 12.6. The van der Waals surface area contributed by atoms with Crippen LogP contribution in [0.4, 0.5) is 0 Å². The van der Waals surface area contributed by atoms with E-state index in [0.29, 0.717) is 25.7 Å². The number of carbonyl (C=O) groups is 4. The minimum Gasteiger partial charge on any atom is -0.748 e. The molecule has 0 aromatic carbocycles. The Bertz CT molecular complexity index is 1260. The molecule has 0 aromatic rings. The zero-order chi connectivity index (χ0) is 33.5. The van der Waals surface area contributed by atoms with Crippen molar-refractivity contribution in [3.63, 3.8) is 0 Å². The molecule has 45 heavy (non-hydrogen) atoms. The van der Waals surface area contributed by atoms with Gasteiger partial charge in [-0.15, -0.1) is 0 Å². The fourth-order valence-electron chi connectivity index (χ4n) is 10.6. The van der Waals surface area contributed by atoms with Crippen molar-refractivity contribution in [1.82, 2.24) is 0 Å². The lowest BCUT2D eigenvalue weighted by Gasteiger charge is -2.68. The van der Waals surface area contributed by atoms with Gasteiger partial charge < -0.3 is 23.5 Å². The van der Waals surface area contributed by atoms with E-state index in [1.54, 1.807) is 0 Å². The van der Waals surface area contributed by atoms with Gasteiger partial charge in [0.15, 0.2) is 0 Å². The molecule has 4 rings (SSSR count). The Balaban J connectivity index is 1.64. The number of rotatable bonds is 10. The molecular formula is C33H51O11S-. The third-order valence-electron chi connectivity index (χ3n) is 12.5. The van der Waals surface area contributed by atoms with Crippen LogP contribution in [0.1, 0.15) is 106 Å². The van der Waals surface area contributed by atoms with Crippen molar-refractivity contribution >= 4 is 34.0 Å². The van der Waals surface area contributed by atoms with Gasteiger partial charge in [0, 0.05) is 38.0 Å². The standard InChI is InChI=1S/C33H52O11S/c1-19(8-11-30(37)41-14-15-45(38,39)40)25-9-10-26-32(25,6)29(44-22(4)36)18-27-31(5)13-12-24(42-20(2)34)16-23(31)17-28(33(26,27)7)43-21(3)35/h19,23-29H,8-18H2,1-7H3,(H,38,39,40)/p-1/t19-,23?,24?,25-,26-,27-,28?,29?,31+,32-,33+/m1/s1. The average Bonchev–Trinajstić information content (AvgIpc) is 3.27. The first-order chi connectivity index (χ1) is 20.8. The third-order valence-corrected chi connectivity index (χ3v) is 13.1. The lowest BCUT2D eigenvalue weighted by molar-refractivity contribution is -0.260.